The number of hydrogen-bond donors (Lipinski definition) is 1. The van der Waals surface area contributed by atoms with Crippen molar-refractivity contribution in [1.82, 2.24) is 4.90 Å². The molecule has 0 bridgehead atoms. The summed E-state index contributed by atoms with van der Waals surface area (Å²) in [5, 5.41) is 10.5. The molecule has 1 aliphatic rings. The van der Waals surface area contributed by atoms with E-state index in [1.807, 2.05) is 36.4 Å². The van der Waals surface area contributed by atoms with Gasteiger partial charge in [0, 0.05) is 12.6 Å². The molecule has 1 saturated heterocycles. The second kappa shape index (κ2) is 9.86. The molecule has 0 radical (unpaired) electrons. The van der Waals surface area contributed by atoms with Crippen LogP contribution < -0.4 is 0 Å². The predicted molar refractivity (Wildman–Crippen MR) is 122 cm³/mol. The van der Waals surface area contributed by atoms with Crippen LogP contribution in [0.5, 0.6) is 0 Å². The highest BCUT2D eigenvalue weighted by molar-refractivity contribution is 5.86. The van der Waals surface area contributed by atoms with Crippen molar-refractivity contribution in [3.8, 4) is 0 Å². The third kappa shape index (κ3) is 4.75. The van der Waals surface area contributed by atoms with Crippen LogP contribution in [0, 0.1) is 5.82 Å². The van der Waals surface area contributed by atoms with E-state index in [1.54, 1.807) is 35.2 Å². The van der Waals surface area contributed by atoms with Crippen LogP contribution in [-0.2, 0) is 21.6 Å². The maximum Gasteiger partial charge on any atom is 0.410 e. The lowest BCUT2D eigenvalue weighted by Crippen LogP contribution is -2.45. The lowest BCUT2D eigenvalue weighted by Gasteiger charge is -2.35. The van der Waals surface area contributed by atoms with Gasteiger partial charge in [0.1, 0.15) is 17.8 Å². The zero-order chi connectivity index (χ0) is 23.3. The van der Waals surface area contributed by atoms with E-state index in [4.69, 9.17) is 4.74 Å². The van der Waals surface area contributed by atoms with Crippen molar-refractivity contribution in [2.45, 2.75) is 37.3 Å². The second-order valence-corrected chi connectivity index (χ2v) is 8.32. The van der Waals surface area contributed by atoms with E-state index in [9.17, 15) is 19.1 Å². The molecule has 0 aliphatic carbocycles. The minimum absolute atomic E-state index is 0.121. The number of carbonyl (C=O) groups is 2. The van der Waals surface area contributed by atoms with Crippen molar-refractivity contribution in [3.63, 3.8) is 0 Å². The molecule has 1 N–H and O–H groups in total. The first-order valence-corrected chi connectivity index (χ1v) is 11.0. The van der Waals surface area contributed by atoms with Crippen LogP contribution in [0.1, 0.15) is 36.0 Å². The summed E-state index contributed by atoms with van der Waals surface area (Å²) in [6.07, 6.45) is 1.06. The normalized spacial score (nSPS) is 17.4. The Labute approximate surface area is 192 Å². The molecule has 33 heavy (non-hydrogen) atoms. The number of hydrogen-bond acceptors (Lipinski definition) is 3. The SMILES string of the molecule is O=C(OCc1ccccc1)N1CCCC1CC(C(=O)O)(c1ccccc1)c1cccc(F)c1. The fraction of sp³-hybridized carbons (Fsp3) is 0.259. The first-order valence-electron chi connectivity index (χ1n) is 11.0. The highest BCUT2D eigenvalue weighted by atomic mass is 19.1. The third-order valence-electron chi connectivity index (χ3n) is 6.31. The van der Waals surface area contributed by atoms with Crippen LogP contribution in [0.15, 0.2) is 84.9 Å². The Bertz CT molecular complexity index is 1110. The van der Waals surface area contributed by atoms with Gasteiger partial charge in [0.15, 0.2) is 0 Å². The van der Waals surface area contributed by atoms with Gasteiger partial charge in [-0.1, -0.05) is 72.8 Å². The summed E-state index contributed by atoms with van der Waals surface area (Å²) in [7, 11) is 0. The Balaban J connectivity index is 1.64. The fourth-order valence-corrected chi connectivity index (χ4v) is 4.66. The summed E-state index contributed by atoms with van der Waals surface area (Å²) >= 11 is 0. The quantitative estimate of drug-likeness (QED) is 0.528. The summed E-state index contributed by atoms with van der Waals surface area (Å²) in [4.78, 5) is 27.4. The monoisotopic (exact) mass is 447 g/mol. The van der Waals surface area contributed by atoms with Crippen LogP contribution >= 0.6 is 0 Å². The van der Waals surface area contributed by atoms with Gasteiger partial charge in [0.25, 0.3) is 0 Å². The first kappa shape index (κ1) is 22.5. The lowest BCUT2D eigenvalue weighted by atomic mass is 9.70. The highest BCUT2D eigenvalue weighted by Gasteiger charge is 2.47. The van der Waals surface area contributed by atoms with Gasteiger partial charge in [0.05, 0.1) is 0 Å². The van der Waals surface area contributed by atoms with Gasteiger partial charge in [-0.15, -0.1) is 0 Å². The van der Waals surface area contributed by atoms with Crippen LogP contribution in [0.25, 0.3) is 0 Å². The van der Waals surface area contributed by atoms with Gasteiger partial charge >= 0.3 is 12.1 Å². The summed E-state index contributed by atoms with van der Waals surface area (Å²) in [6, 6.07) is 23.6. The van der Waals surface area contributed by atoms with E-state index in [0.29, 0.717) is 24.1 Å². The standard InChI is InChI=1S/C27H26FNO4/c28-23-14-7-13-22(17-23)27(25(30)31,21-11-5-2-6-12-21)18-24-15-8-16-29(24)26(32)33-19-20-9-3-1-4-10-20/h1-7,9-14,17,24H,8,15-16,18-19H2,(H,30,31). The summed E-state index contributed by atoms with van der Waals surface area (Å²) in [5.41, 5.74) is 0.278. The zero-order valence-electron chi connectivity index (χ0n) is 18.2. The van der Waals surface area contributed by atoms with Crippen LogP contribution in [0.4, 0.5) is 9.18 Å². The lowest BCUT2D eigenvalue weighted by molar-refractivity contribution is -0.143. The minimum atomic E-state index is -1.50. The van der Waals surface area contributed by atoms with Crippen LogP contribution in [-0.4, -0.2) is 34.7 Å². The van der Waals surface area contributed by atoms with Crippen molar-refractivity contribution < 1.29 is 23.8 Å². The maximum absolute atomic E-state index is 14.2. The van der Waals surface area contributed by atoms with Gasteiger partial charge in [-0.2, -0.15) is 0 Å². The van der Waals surface area contributed by atoms with Gasteiger partial charge in [-0.05, 0) is 48.1 Å². The van der Waals surface area contributed by atoms with E-state index in [0.717, 1.165) is 12.0 Å². The van der Waals surface area contributed by atoms with Gasteiger partial charge in [0.2, 0.25) is 0 Å². The highest BCUT2D eigenvalue weighted by Crippen LogP contribution is 2.40. The molecule has 0 saturated carbocycles. The zero-order valence-corrected chi connectivity index (χ0v) is 18.2. The molecule has 6 heteroatoms. The van der Waals surface area contributed by atoms with E-state index < -0.39 is 23.3 Å². The molecule has 3 aromatic rings. The molecule has 1 fully saturated rings. The molecule has 0 aromatic heterocycles. The number of carboxylic acids is 1. The Morgan fingerprint density at radius 1 is 0.970 bits per heavy atom. The predicted octanol–water partition coefficient (Wildman–Crippen LogP) is 5.39. The number of amides is 1. The summed E-state index contributed by atoms with van der Waals surface area (Å²) < 4.78 is 19.7. The van der Waals surface area contributed by atoms with E-state index in [-0.39, 0.29) is 19.1 Å². The van der Waals surface area contributed by atoms with E-state index in [1.165, 1.54) is 18.2 Å². The van der Waals surface area contributed by atoms with Crippen molar-refractivity contribution in [1.29, 1.82) is 0 Å². The molecule has 5 nitrogen and oxygen atoms in total. The number of nitrogens with zero attached hydrogens (tertiary/aromatic N) is 1. The molecular formula is C27H26FNO4. The molecule has 170 valence electrons. The number of likely N-dealkylation sites (tertiary alicyclic amines) is 1. The Morgan fingerprint density at radius 3 is 2.30 bits per heavy atom. The molecule has 1 heterocycles. The molecule has 1 amide bonds. The average Bonchev–Trinajstić information content (AvgIpc) is 3.30. The number of carbonyl (C=O) groups excluding carboxylic acids is 1. The van der Waals surface area contributed by atoms with Gasteiger partial charge in [-0.25, -0.2) is 9.18 Å². The molecule has 1 aliphatic heterocycles. The number of ether oxygens (including phenoxy) is 1. The van der Waals surface area contributed by atoms with E-state index >= 15 is 0 Å². The molecule has 4 rings (SSSR count). The van der Waals surface area contributed by atoms with Crippen LogP contribution in [0.2, 0.25) is 0 Å². The number of halogens is 1. The smallest absolute Gasteiger partial charge is 0.410 e. The topological polar surface area (TPSA) is 66.8 Å². The first-order chi connectivity index (χ1) is 16.0. The Hall–Kier alpha value is -3.67. The summed E-state index contributed by atoms with van der Waals surface area (Å²) in [6.45, 7) is 0.640. The minimum Gasteiger partial charge on any atom is -0.480 e. The number of benzene rings is 3. The summed E-state index contributed by atoms with van der Waals surface area (Å²) in [5.74, 6) is -1.58. The number of aliphatic carboxylic acids is 1. The fourth-order valence-electron chi connectivity index (χ4n) is 4.66. The van der Waals surface area contributed by atoms with Crippen molar-refractivity contribution in [3.05, 3.63) is 107 Å². The van der Waals surface area contributed by atoms with Crippen molar-refractivity contribution in [2.24, 2.45) is 0 Å². The van der Waals surface area contributed by atoms with Crippen LogP contribution in [0.3, 0.4) is 0 Å². The molecule has 0 spiro atoms. The average molecular weight is 448 g/mol. The Kier molecular flexibility index (Phi) is 6.73. The largest absolute Gasteiger partial charge is 0.480 e. The van der Waals surface area contributed by atoms with Crippen molar-refractivity contribution in [2.75, 3.05) is 6.54 Å². The number of carboxylic acid groups (broad SMARTS) is 1. The maximum atomic E-state index is 14.2. The Morgan fingerprint density at radius 2 is 1.64 bits per heavy atom. The molecule has 3 aromatic carbocycles. The molecule has 2 unspecified atom stereocenters. The number of rotatable bonds is 7. The van der Waals surface area contributed by atoms with Crippen molar-refractivity contribution >= 4 is 12.1 Å². The molecule has 2 atom stereocenters. The third-order valence-corrected chi connectivity index (χ3v) is 6.31. The van der Waals surface area contributed by atoms with Gasteiger partial charge in [-0.3, -0.25) is 4.79 Å². The van der Waals surface area contributed by atoms with E-state index in [2.05, 4.69) is 0 Å². The second-order valence-electron chi connectivity index (χ2n) is 8.32. The van der Waals surface area contributed by atoms with Gasteiger partial charge < -0.3 is 14.7 Å². The molecular weight excluding hydrogens is 421 g/mol.